The minimum absolute atomic E-state index is 1.16. The smallest absolute Gasteiger partial charge is 0.179 e. The Morgan fingerprint density at radius 3 is 1.07 bits per heavy atom. The Hall–Kier alpha value is -7.20. The van der Waals surface area contributed by atoms with E-state index in [-0.39, 0.29) is 0 Å². The zero-order chi connectivity index (χ0) is 37.8. The van der Waals surface area contributed by atoms with E-state index in [4.69, 9.17) is 0 Å². The van der Waals surface area contributed by atoms with Gasteiger partial charge < -0.3 is 9.13 Å². The molecule has 9 aromatic carbocycles. The van der Waals surface area contributed by atoms with Crippen molar-refractivity contribution in [2.24, 2.45) is 0 Å². The van der Waals surface area contributed by atoms with Crippen LogP contribution < -0.4 is 20.7 Å². The summed E-state index contributed by atoms with van der Waals surface area (Å²) in [5.41, 5.74) is 9.57. The van der Waals surface area contributed by atoms with Crippen LogP contribution in [0, 0.1) is 0 Å². The van der Waals surface area contributed by atoms with Crippen LogP contribution in [0.3, 0.4) is 0 Å². The summed E-state index contributed by atoms with van der Waals surface area (Å²) in [5, 5.41) is 10.5. The fraction of sp³-hybridized carbons (Fsp3) is 0. The van der Waals surface area contributed by atoms with E-state index in [1.165, 1.54) is 81.2 Å². The SMILES string of the molecule is c1ccc(-n2c3ccccc3c3cc(-c4ccc5c(c4)c4cc([Si](c6ccccc6)(c6ccccc6)c6ccccc6)ccc4n5-c4ccccc4)ccc32)cc1. The zero-order valence-electron chi connectivity index (χ0n) is 31.3. The van der Waals surface area contributed by atoms with Gasteiger partial charge in [0, 0.05) is 32.9 Å². The Kier molecular flexibility index (Phi) is 7.87. The highest BCUT2D eigenvalue weighted by molar-refractivity contribution is 7.20. The maximum atomic E-state index is 2.52. The van der Waals surface area contributed by atoms with Crippen molar-refractivity contribution in [1.29, 1.82) is 0 Å². The molecule has 2 heterocycles. The van der Waals surface area contributed by atoms with Crippen LogP contribution in [-0.2, 0) is 0 Å². The number of benzene rings is 9. The molecule has 0 radical (unpaired) electrons. The number of aromatic nitrogens is 2. The van der Waals surface area contributed by atoms with Crippen molar-refractivity contribution in [1.82, 2.24) is 9.13 Å². The van der Waals surface area contributed by atoms with Gasteiger partial charge in [0.25, 0.3) is 0 Å². The second kappa shape index (κ2) is 13.5. The lowest BCUT2D eigenvalue weighted by Gasteiger charge is -2.34. The fourth-order valence-electron chi connectivity index (χ4n) is 9.36. The van der Waals surface area contributed by atoms with E-state index in [0.717, 1.165) is 5.69 Å². The number of hydrogen-bond donors (Lipinski definition) is 0. The van der Waals surface area contributed by atoms with Crippen LogP contribution in [0.2, 0.25) is 0 Å². The van der Waals surface area contributed by atoms with Gasteiger partial charge in [0.15, 0.2) is 8.07 Å². The molecule has 0 aliphatic heterocycles. The van der Waals surface area contributed by atoms with E-state index >= 15 is 0 Å². The minimum Gasteiger partial charge on any atom is -0.309 e. The molecule has 2 nitrogen and oxygen atoms in total. The predicted octanol–water partition coefficient (Wildman–Crippen LogP) is 10.9. The minimum atomic E-state index is -2.75. The van der Waals surface area contributed by atoms with Gasteiger partial charge in [-0.15, -0.1) is 0 Å². The molecule has 0 aliphatic rings. The average molecular weight is 743 g/mol. The van der Waals surface area contributed by atoms with Crippen LogP contribution in [-0.4, -0.2) is 17.2 Å². The van der Waals surface area contributed by atoms with Gasteiger partial charge in [-0.05, 0) is 92.5 Å². The summed E-state index contributed by atoms with van der Waals surface area (Å²) in [6.07, 6.45) is 0. The molecular weight excluding hydrogens is 705 g/mol. The van der Waals surface area contributed by atoms with Crippen molar-refractivity contribution in [3.8, 4) is 22.5 Å². The predicted molar refractivity (Wildman–Crippen MR) is 244 cm³/mol. The molecule has 11 rings (SSSR count). The number of para-hydroxylation sites is 3. The van der Waals surface area contributed by atoms with E-state index in [0.29, 0.717) is 0 Å². The first-order valence-electron chi connectivity index (χ1n) is 19.7. The molecule has 0 saturated carbocycles. The first kappa shape index (κ1) is 33.2. The highest BCUT2D eigenvalue weighted by Crippen LogP contribution is 2.38. The molecule has 0 fully saturated rings. The van der Waals surface area contributed by atoms with Gasteiger partial charge in [0.05, 0.1) is 22.1 Å². The summed E-state index contributed by atoms with van der Waals surface area (Å²) in [6, 6.07) is 85.2. The summed E-state index contributed by atoms with van der Waals surface area (Å²) < 4.78 is 4.82. The van der Waals surface area contributed by atoms with Crippen molar-refractivity contribution in [3.63, 3.8) is 0 Å². The van der Waals surface area contributed by atoms with Crippen LogP contribution >= 0.6 is 0 Å². The van der Waals surface area contributed by atoms with Gasteiger partial charge in [-0.25, -0.2) is 0 Å². The Morgan fingerprint density at radius 1 is 0.246 bits per heavy atom. The Morgan fingerprint density at radius 2 is 0.596 bits per heavy atom. The monoisotopic (exact) mass is 742 g/mol. The first-order valence-corrected chi connectivity index (χ1v) is 21.7. The second-order valence-corrected chi connectivity index (χ2v) is 18.7. The fourth-order valence-corrected chi connectivity index (χ4v) is 14.1. The molecule has 3 heteroatoms. The maximum absolute atomic E-state index is 2.75. The van der Waals surface area contributed by atoms with Crippen LogP contribution in [0.25, 0.3) is 66.1 Å². The molecular formula is C54H38N2Si. The highest BCUT2D eigenvalue weighted by atomic mass is 28.3. The molecule has 57 heavy (non-hydrogen) atoms. The average Bonchev–Trinajstić information content (AvgIpc) is 3.80. The molecule has 0 bridgehead atoms. The lowest BCUT2D eigenvalue weighted by molar-refractivity contribution is 1.18. The van der Waals surface area contributed by atoms with Crippen LogP contribution in [0.5, 0.6) is 0 Å². The molecule has 268 valence electrons. The third-order valence-corrected chi connectivity index (χ3v) is 16.6. The lowest BCUT2D eigenvalue weighted by atomic mass is 10.0. The van der Waals surface area contributed by atoms with Crippen LogP contribution in [0.15, 0.2) is 231 Å². The molecule has 0 spiro atoms. The molecule has 0 atom stereocenters. The number of fused-ring (bicyclic) bond motifs is 6. The van der Waals surface area contributed by atoms with Crippen LogP contribution in [0.1, 0.15) is 0 Å². The standard InChI is InChI=1S/C54H38N2Si/c1-6-18-41(19-7-1)55-51-29-17-16-28-47(51)48-36-39(30-33-52(48)55)40-31-34-53-49(37-40)50-38-46(32-35-54(50)56(53)42-20-8-2-9-21-42)57(43-22-10-3-11-23-43,44-24-12-4-13-25-44)45-26-14-5-15-27-45/h1-38H. The third-order valence-electron chi connectivity index (χ3n) is 11.9. The zero-order valence-corrected chi connectivity index (χ0v) is 32.3. The number of hydrogen-bond acceptors (Lipinski definition) is 0. The van der Waals surface area contributed by atoms with Crippen molar-refractivity contribution in [2.45, 2.75) is 0 Å². The normalized spacial score (nSPS) is 11.9. The van der Waals surface area contributed by atoms with E-state index in [9.17, 15) is 0 Å². The highest BCUT2D eigenvalue weighted by Gasteiger charge is 2.41. The molecule has 0 saturated heterocycles. The molecule has 0 unspecified atom stereocenters. The van der Waals surface area contributed by atoms with Gasteiger partial charge in [0.1, 0.15) is 0 Å². The molecule has 0 amide bonds. The largest absolute Gasteiger partial charge is 0.309 e. The van der Waals surface area contributed by atoms with Gasteiger partial charge in [-0.3, -0.25) is 0 Å². The van der Waals surface area contributed by atoms with Gasteiger partial charge in [-0.1, -0.05) is 170 Å². The van der Waals surface area contributed by atoms with E-state index in [1.54, 1.807) is 0 Å². The molecule has 0 aliphatic carbocycles. The number of nitrogens with zero attached hydrogens (tertiary/aromatic N) is 2. The van der Waals surface area contributed by atoms with Crippen molar-refractivity contribution in [2.75, 3.05) is 0 Å². The lowest BCUT2D eigenvalue weighted by Crippen LogP contribution is -2.74. The Bertz CT molecular complexity index is 3110. The van der Waals surface area contributed by atoms with Crippen LogP contribution in [0.4, 0.5) is 0 Å². The topological polar surface area (TPSA) is 9.86 Å². The summed E-state index contributed by atoms with van der Waals surface area (Å²) in [6.45, 7) is 0. The van der Waals surface area contributed by atoms with Gasteiger partial charge >= 0.3 is 0 Å². The number of rotatable bonds is 7. The maximum Gasteiger partial charge on any atom is 0.179 e. The first-order chi connectivity index (χ1) is 28.3. The quantitative estimate of drug-likeness (QED) is 0.114. The summed E-state index contributed by atoms with van der Waals surface area (Å²) in [5.74, 6) is 0. The summed E-state index contributed by atoms with van der Waals surface area (Å²) in [7, 11) is -2.75. The molecule has 0 N–H and O–H groups in total. The van der Waals surface area contributed by atoms with Gasteiger partial charge in [0.2, 0.25) is 0 Å². The summed E-state index contributed by atoms with van der Waals surface area (Å²) >= 11 is 0. The van der Waals surface area contributed by atoms with E-state index < -0.39 is 8.07 Å². The third kappa shape index (κ3) is 5.24. The van der Waals surface area contributed by atoms with Crippen molar-refractivity contribution >= 4 is 72.4 Å². The van der Waals surface area contributed by atoms with Crippen molar-refractivity contribution in [3.05, 3.63) is 231 Å². The van der Waals surface area contributed by atoms with E-state index in [2.05, 4.69) is 240 Å². The molecule has 11 aromatic rings. The van der Waals surface area contributed by atoms with E-state index in [1.807, 2.05) is 0 Å². The Balaban J connectivity index is 1.18. The van der Waals surface area contributed by atoms with Gasteiger partial charge in [-0.2, -0.15) is 0 Å². The Labute approximate surface area is 333 Å². The second-order valence-electron chi connectivity index (χ2n) is 14.9. The summed E-state index contributed by atoms with van der Waals surface area (Å²) in [4.78, 5) is 0. The molecule has 2 aromatic heterocycles. The van der Waals surface area contributed by atoms with Crippen molar-refractivity contribution < 1.29 is 0 Å².